The maximum absolute atomic E-state index is 12.2. The summed E-state index contributed by atoms with van der Waals surface area (Å²) in [6.45, 7) is 1.84. The summed E-state index contributed by atoms with van der Waals surface area (Å²) in [5, 5.41) is 10.6. The Hall–Kier alpha value is -1.93. The van der Waals surface area contributed by atoms with Gasteiger partial charge < -0.3 is 0 Å². The molecule has 0 radical (unpaired) electrons. The topological polar surface area (TPSA) is 89.3 Å². The number of nitro groups is 1. The highest BCUT2D eigenvalue weighted by Gasteiger charge is 2.17. The number of aryl methyl sites for hydroxylation is 1. The zero-order chi connectivity index (χ0) is 15.6. The summed E-state index contributed by atoms with van der Waals surface area (Å²) in [7, 11) is -3.80. The average molecular weight is 371 g/mol. The predicted molar refractivity (Wildman–Crippen MR) is 82.8 cm³/mol. The molecule has 8 heteroatoms. The second-order valence-corrected chi connectivity index (χ2v) is 6.77. The second kappa shape index (κ2) is 5.82. The Morgan fingerprint density at radius 1 is 1.14 bits per heavy atom. The fourth-order valence-corrected chi connectivity index (χ4v) is 3.24. The maximum Gasteiger partial charge on any atom is 0.269 e. The van der Waals surface area contributed by atoms with E-state index in [1.54, 1.807) is 12.1 Å². The number of nitro benzene ring substituents is 1. The van der Waals surface area contributed by atoms with Gasteiger partial charge in [-0.1, -0.05) is 12.1 Å². The zero-order valence-electron chi connectivity index (χ0n) is 10.9. The molecule has 0 aliphatic carbocycles. The number of nitrogens with one attached hydrogen (secondary N) is 1. The Kier molecular flexibility index (Phi) is 4.29. The van der Waals surface area contributed by atoms with Crippen molar-refractivity contribution in [1.29, 1.82) is 0 Å². The van der Waals surface area contributed by atoms with Gasteiger partial charge in [-0.2, -0.15) is 0 Å². The summed E-state index contributed by atoms with van der Waals surface area (Å²) >= 11 is 3.32. The first-order valence-corrected chi connectivity index (χ1v) is 8.11. The lowest BCUT2D eigenvalue weighted by Crippen LogP contribution is -2.13. The van der Waals surface area contributed by atoms with Crippen LogP contribution in [0, 0.1) is 17.0 Å². The molecule has 0 bridgehead atoms. The minimum atomic E-state index is -3.80. The first kappa shape index (κ1) is 15.5. The average Bonchev–Trinajstić information content (AvgIpc) is 2.44. The van der Waals surface area contributed by atoms with Gasteiger partial charge >= 0.3 is 0 Å². The number of sulfonamides is 1. The van der Waals surface area contributed by atoms with Crippen molar-refractivity contribution in [2.45, 2.75) is 11.8 Å². The summed E-state index contributed by atoms with van der Waals surface area (Å²) in [5.74, 6) is 0. The van der Waals surface area contributed by atoms with Crippen LogP contribution in [0.2, 0.25) is 0 Å². The van der Waals surface area contributed by atoms with Gasteiger partial charge in [0.2, 0.25) is 0 Å². The number of anilines is 1. The maximum atomic E-state index is 12.2. The molecular formula is C13H11BrN2O4S. The molecule has 110 valence electrons. The van der Waals surface area contributed by atoms with Gasteiger partial charge in [-0.15, -0.1) is 0 Å². The van der Waals surface area contributed by atoms with Crippen LogP contribution >= 0.6 is 15.9 Å². The van der Waals surface area contributed by atoms with E-state index in [4.69, 9.17) is 0 Å². The van der Waals surface area contributed by atoms with E-state index in [0.29, 0.717) is 10.2 Å². The van der Waals surface area contributed by atoms with Crippen LogP contribution in [0.4, 0.5) is 11.4 Å². The van der Waals surface area contributed by atoms with E-state index in [0.717, 1.165) is 17.7 Å². The summed E-state index contributed by atoms with van der Waals surface area (Å²) in [6, 6.07) is 9.90. The number of rotatable bonds is 4. The van der Waals surface area contributed by atoms with E-state index in [9.17, 15) is 18.5 Å². The first-order chi connectivity index (χ1) is 9.81. The highest BCUT2D eigenvalue weighted by atomic mass is 79.9. The van der Waals surface area contributed by atoms with E-state index >= 15 is 0 Å². The van der Waals surface area contributed by atoms with Crippen LogP contribution in [0.5, 0.6) is 0 Å². The molecule has 2 aromatic carbocycles. The summed E-state index contributed by atoms with van der Waals surface area (Å²) in [6.07, 6.45) is 0. The van der Waals surface area contributed by atoms with Crippen molar-refractivity contribution in [1.82, 2.24) is 0 Å². The lowest BCUT2D eigenvalue weighted by molar-refractivity contribution is -0.384. The molecule has 2 rings (SSSR count). The monoisotopic (exact) mass is 370 g/mol. The van der Waals surface area contributed by atoms with E-state index in [1.165, 1.54) is 12.1 Å². The van der Waals surface area contributed by atoms with Crippen molar-refractivity contribution in [3.8, 4) is 0 Å². The van der Waals surface area contributed by atoms with Gasteiger partial charge in [0.05, 0.1) is 15.5 Å². The minimum absolute atomic E-state index is 0.0403. The number of non-ortho nitro benzene ring substituents is 1. The largest absolute Gasteiger partial charge is 0.278 e. The third-order valence-electron chi connectivity index (χ3n) is 2.79. The van der Waals surface area contributed by atoms with E-state index in [1.807, 2.05) is 13.0 Å². The van der Waals surface area contributed by atoms with Gasteiger partial charge in [0.1, 0.15) is 0 Å². The highest BCUT2D eigenvalue weighted by Crippen LogP contribution is 2.28. The first-order valence-electron chi connectivity index (χ1n) is 5.83. The van der Waals surface area contributed by atoms with E-state index < -0.39 is 14.9 Å². The molecule has 0 amide bonds. The van der Waals surface area contributed by atoms with E-state index in [2.05, 4.69) is 20.7 Å². The number of nitrogens with zero attached hydrogens (tertiary/aromatic N) is 1. The Morgan fingerprint density at radius 2 is 1.76 bits per heavy atom. The Balaban J connectivity index is 2.34. The van der Waals surface area contributed by atoms with Crippen LogP contribution in [-0.2, 0) is 10.0 Å². The molecule has 0 unspecified atom stereocenters. The molecule has 6 nitrogen and oxygen atoms in total. The molecule has 0 aromatic heterocycles. The van der Waals surface area contributed by atoms with Crippen LogP contribution in [-0.4, -0.2) is 13.3 Å². The van der Waals surface area contributed by atoms with Crippen molar-refractivity contribution in [3.63, 3.8) is 0 Å². The smallest absolute Gasteiger partial charge is 0.269 e. The number of benzene rings is 2. The molecule has 0 saturated heterocycles. The van der Waals surface area contributed by atoms with Gasteiger partial charge in [-0.25, -0.2) is 8.42 Å². The highest BCUT2D eigenvalue weighted by molar-refractivity contribution is 9.10. The van der Waals surface area contributed by atoms with Crippen molar-refractivity contribution in [2.24, 2.45) is 0 Å². The van der Waals surface area contributed by atoms with Crippen LogP contribution in [0.25, 0.3) is 0 Å². The SMILES string of the molecule is Cc1cccc(NS(=O)(=O)c2ccc([N+](=O)[O-])cc2)c1Br. The minimum Gasteiger partial charge on any atom is -0.278 e. The van der Waals surface area contributed by atoms with Crippen molar-refractivity contribution in [2.75, 3.05) is 4.72 Å². The third-order valence-corrected chi connectivity index (χ3v) is 5.23. The second-order valence-electron chi connectivity index (χ2n) is 4.29. The molecule has 2 aromatic rings. The van der Waals surface area contributed by atoms with Crippen molar-refractivity contribution in [3.05, 3.63) is 62.6 Å². The van der Waals surface area contributed by atoms with Gasteiger partial charge in [0.25, 0.3) is 15.7 Å². The molecule has 0 heterocycles. The fourth-order valence-electron chi connectivity index (χ4n) is 1.68. The van der Waals surface area contributed by atoms with Crippen LogP contribution in [0.15, 0.2) is 51.8 Å². The Labute approximate surface area is 130 Å². The van der Waals surface area contributed by atoms with Gasteiger partial charge in [-0.05, 0) is 46.6 Å². The van der Waals surface area contributed by atoms with Gasteiger partial charge in [0.15, 0.2) is 0 Å². The summed E-state index contributed by atoms with van der Waals surface area (Å²) in [5.41, 5.74) is 1.14. The number of halogens is 1. The molecule has 0 saturated carbocycles. The van der Waals surface area contributed by atoms with Crippen LogP contribution < -0.4 is 4.72 Å². The zero-order valence-corrected chi connectivity index (χ0v) is 13.3. The lowest BCUT2D eigenvalue weighted by Gasteiger charge is -2.11. The third kappa shape index (κ3) is 3.40. The molecule has 0 aliphatic heterocycles. The van der Waals surface area contributed by atoms with Gasteiger partial charge in [-0.3, -0.25) is 14.8 Å². The molecule has 0 aliphatic rings. The molecular weight excluding hydrogens is 360 g/mol. The molecule has 1 N–H and O–H groups in total. The predicted octanol–water partition coefficient (Wildman–Crippen LogP) is 3.47. The standard InChI is InChI=1S/C13H11BrN2O4S/c1-9-3-2-4-12(13(9)14)15-21(19,20)11-7-5-10(6-8-11)16(17)18/h2-8,15H,1H3. The van der Waals surface area contributed by atoms with Crippen LogP contribution in [0.3, 0.4) is 0 Å². The molecule has 0 atom stereocenters. The molecule has 0 spiro atoms. The molecule has 21 heavy (non-hydrogen) atoms. The Morgan fingerprint density at radius 3 is 2.33 bits per heavy atom. The van der Waals surface area contributed by atoms with Gasteiger partial charge in [0, 0.05) is 16.6 Å². The normalized spacial score (nSPS) is 11.1. The summed E-state index contributed by atoms with van der Waals surface area (Å²) in [4.78, 5) is 9.95. The van der Waals surface area contributed by atoms with Crippen LogP contribution in [0.1, 0.15) is 5.56 Å². The fraction of sp³-hybridized carbons (Fsp3) is 0.0769. The van der Waals surface area contributed by atoms with Crippen molar-refractivity contribution < 1.29 is 13.3 Å². The lowest BCUT2D eigenvalue weighted by atomic mass is 10.2. The number of hydrogen-bond donors (Lipinski definition) is 1. The Bertz CT molecular complexity index is 788. The quantitative estimate of drug-likeness (QED) is 0.658. The number of hydrogen-bond acceptors (Lipinski definition) is 4. The van der Waals surface area contributed by atoms with Crippen molar-refractivity contribution >= 4 is 37.3 Å². The van der Waals surface area contributed by atoms with E-state index in [-0.39, 0.29) is 10.6 Å². The molecule has 0 fully saturated rings. The summed E-state index contributed by atoms with van der Waals surface area (Å²) < 4.78 is 27.6.